The molecule has 0 saturated heterocycles. The van der Waals surface area contributed by atoms with Crippen LogP contribution in [0.2, 0.25) is 0 Å². The molecule has 1 aromatic heterocycles. The van der Waals surface area contributed by atoms with Gasteiger partial charge in [0.2, 0.25) is 0 Å². The van der Waals surface area contributed by atoms with Gasteiger partial charge in [-0.1, -0.05) is 12.1 Å². The lowest BCUT2D eigenvalue weighted by Gasteiger charge is -2.10. The van der Waals surface area contributed by atoms with Gasteiger partial charge in [0.1, 0.15) is 0 Å². The number of rotatable bonds is 3. The minimum absolute atomic E-state index is 0.291. The van der Waals surface area contributed by atoms with Crippen molar-refractivity contribution in [3.8, 4) is 0 Å². The van der Waals surface area contributed by atoms with Gasteiger partial charge in [-0.25, -0.2) is 4.79 Å². The normalized spacial score (nSPS) is 9.90. The van der Waals surface area contributed by atoms with Gasteiger partial charge in [-0.05, 0) is 30.7 Å². The van der Waals surface area contributed by atoms with E-state index in [1.165, 1.54) is 7.11 Å². The maximum Gasteiger partial charge on any atom is 0.339 e. The zero-order chi connectivity index (χ0) is 14.5. The van der Waals surface area contributed by atoms with Crippen molar-refractivity contribution < 1.29 is 14.3 Å². The van der Waals surface area contributed by atoms with Crippen molar-refractivity contribution in [2.75, 3.05) is 12.4 Å². The fourth-order valence-corrected chi connectivity index (χ4v) is 1.80. The van der Waals surface area contributed by atoms with E-state index >= 15 is 0 Å². The lowest BCUT2D eigenvalue weighted by molar-refractivity contribution is 0.0602. The summed E-state index contributed by atoms with van der Waals surface area (Å²) in [6.07, 6.45) is 3.16. The number of carbonyl (C=O) groups excluding carboxylic acids is 2. The zero-order valence-electron chi connectivity index (χ0n) is 11.2. The topological polar surface area (TPSA) is 68.3 Å². The predicted octanol–water partition coefficient (Wildman–Crippen LogP) is 2.43. The number of hydrogen-bond acceptors (Lipinski definition) is 4. The van der Waals surface area contributed by atoms with Crippen LogP contribution in [0.5, 0.6) is 0 Å². The molecule has 0 aliphatic carbocycles. The summed E-state index contributed by atoms with van der Waals surface area (Å²) in [4.78, 5) is 27.8. The molecule has 1 N–H and O–H groups in total. The number of anilines is 1. The second kappa shape index (κ2) is 5.97. The molecule has 0 aliphatic rings. The van der Waals surface area contributed by atoms with Gasteiger partial charge in [-0.2, -0.15) is 0 Å². The summed E-state index contributed by atoms with van der Waals surface area (Å²) in [5, 5.41) is 2.72. The lowest BCUT2D eigenvalue weighted by atomic mass is 10.1. The number of methoxy groups -OCH3 is 1. The van der Waals surface area contributed by atoms with Crippen molar-refractivity contribution in [3.63, 3.8) is 0 Å². The average molecular weight is 270 g/mol. The number of para-hydroxylation sites is 1. The van der Waals surface area contributed by atoms with Crippen LogP contribution in [0, 0.1) is 6.92 Å². The van der Waals surface area contributed by atoms with Crippen LogP contribution in [0.4, 0.5) is 5.69 Å². The molecule has 20 heavy (non-hydrogen) atoms. The number of benzene rings is 1. The molecule has 0 fully saturated rings. The van der Waals surface area contributed by atoms with Gasteiger partial charge in [-0.3, -0.25) is 9.78 Å². The quantitative estimate of drug-likeness (QED) is 0.870. The number of nitrogens with zero attached hydrogens (tertiary/aromatic N) is 1. The molecule has 1 amide bonds. The molecule has 1 aromatic carbocycles. The van der Waals surface area contributed by atoms with Gasteiger partial charge in [0.15, 0.2) is 0 Å². The molecule has 0 atom stereocenters. The Labute approximate surface area is 116 Å². The first-order valence-corrected chi connectivity index (χ1v) is 6.03. The summed E-state index contributed by atoms with van der Waals surface area (Å²) < 4.78 is 4.69. The molecule has 5 heteroatoms. The van der Waals surface area contributed by atoms with E-state index in [-0.39, 0.29) is 5.91 Å². The number of esters is 1. The van der Waals surface area contributed by atoms with Gasteiger partial charge in [0.25, 0.3) is 5.91 Å². The Balaban J connectivity index is 2.29. The van der Waals surface area contributed by atoms with Crippen LogP contribution in [0.25, 0.3) is 0 Å². The molecular weight excluding hydrogens is 256 g/mol. The van der Waals surface area contributed by atoms with E-state index in [0.29, 0.717) is 16.8 Å². The van der Waals surface area contributed by atoms with Crippen LogP contribution in [0.1, 0.15) is 26.3 Å². The number of ether oxygens (including phenoxy) is 1. The zero-order valence-corrected chi connectivity index (χ0v) is 11.2. The fourth-order valence-electron chi connectivity index (χ4n) is 1.80. The highest BCUT2D eigenvalue weighted by Gasteiger charge is 2.15. The highest BCUT2D eigenvalue weighted by atomic mass is 16.5. The SMILES string of the molecule is COC(=O)c1ccccc1NC(=O)c1ccncc1C. The van der Waals surface area contributed by atoms with Crippen molar-refractivity contribution in [2.24, 2.45) is 0 Å². The Kier molecular flexibility index (Phi) is 4.10. The van der Waals surface area contributed by atoms with Crippen LogP contribution >= 0.6 is 0 Å². The maximum absolute atomic E-state index is 12.2. The Morgan fingerprint density at radius 2 is 1.90 bits per heavy atom. The molecule has 0 radical (unpaired) electrons. The predicted molar refractivity (Wildman–Crippen MR) is 74.7 cm³/mol. The summed E-state index contributed by atoms with van der Waals surface area (Å²) in [5.74, 6) is -0.784. The van der Waals surface area contributed by atoms with Crippen LogP contribution in [0.15, 0.2) is 42.7 Å². The standard InChI is InChI=1S/C15H14N2O3/c1-10-9-16-8-7-11(10)14(18)17-13-6-4-3-5-12(13)15(19)20-2/h3-9H,1-2H3,(H,17,18). The summed E-state index contributed by atoms with van der Waals surface area (Å²) in [7, 11) is 1.30. The van der Waals surface area contributed by atoms with Crippen LogP contribution < -0.4 is 5.32 Å². The van der Waals surface area contributed by atoms with Gasteiger partial charge in [0.05, 0.1) is 18.4 Å². The molecule has 2 rings (SSSR count). The molecule has 0 spiro atoms. The number of carbonyl (C=O) groups is 2. The molecule has 5 nitrogen and oxygen atoms in total. The maximum atomic E-state index is 12.2. The molecule has 102 valence electrons. The molecule has 0 saturated carbocycles. The first-order valence-electron chi connectivity index (χ1n) is 6.03. The third kappa shape index (κ3) is 2.83. The van der Waals surface area contributed by atoms with Crippen molar-refractivity contribution in [2.45, 2.75) is 6.92 Å². The minimum Gasteiger partial charge on any atom is -0.465 e. The number of amides is 1. The molecular formula is C15H14N2O3. The number of aromatic nitrogens is 1. The first kappa shape index (κ1) is 13.7. The largest absolute Gasteiger partial charge is 0.465 e. The van der Waals surface area contributed by atoms with Crippen LogP contribution in [-0.2, 0) is 4.74 Å². The number of nitrogens with one attached hydrogen (secondary N) is 1. The number of hydrogen-bond donors (Lipinski definition) is 1. The molecule has 1 heterocycles. The smallest absolute Gasteiger partial charge is 0.339 e. The second-order valence-corrected chi connectivity index (χ2v) is 4.18. The highest BCUT2D eigenvalue weighted by Crippen LogP contribution is 2.17. The van der Waals surface area contributed by atoms with Crippen LogP contribution in [-0.4, -0.2) is 24.0 Å². The van der Waals surface area contributed by atoms with Crippen molar-refractivity contribution in [1.29, 1.82) is 0 Å². The second-order valence-electron chi connectivity index (χ2n) is 4.18. The molecule has 0 bridgehead atoms. The summed E-state index contributed by atoms with van der Waals surface area (Å²) in [6, 6.07) is 8.33. The summed E-state index contributed by atoms with van der Waals surface area (Å²) in [6.45, 7) is 1.80. The first-order chi connectivity index (χ1) is 9.63. The Hall–Kier alpha value is -2.69. The van der Waals surface area contributed by atoms with Crippen molar-refractivity contribution >= 4 is 17.6 Å². The Morgan fingerprint density at radius 1 is 1.15 bits per heavy atom. The fraction of sp³-hybridized carbons (Fsp3) is 0.133. The highest BCUT2D eigenvalue weighted by molar-refractivity contribution is 6.08. The molecule has 0 aliphatic heterocycles. The van der Waals surface area contributed by atoms with E-state index in [1.807, 2.05) is 0 Å². The van der Waals surface area contributed by atoms with Gasteiger partial charge >= 0.3 is 5.97 Å². The van der Waals surface area contributed by atoms with Crippen molar-refractivity contribution in [3.05, 3.63) is 59.4 Å². The van der Waals surface area contributed by atoms with Gasteiger partial charge in [0, 0.05) is 18.0 Å². The van der Waals surface area contributed by atoms with E-state index in [2.05, 4.69) is 15.0 Å². The van der Waals surface area contributed by atoms with E-state index < -0.39 is 5.97 Å². The number of pyridine rings is 1. The summed E-state index contributed by atoms with van der Waals surface area (Å²) in [5.41, 5.74) is 2.01. The van der Waals surface area contributed by atoms with E-state index in [9.17, 15) is 9.59 Å². The molecule has 0 unspecified atom stereocenters. The average Bonchev–Trinajstić information content (AvgIpc) is 2.47. The van der Waals surface area contributed by atoms with E-state index in [1.54, 1.807) is 49.6 Å². The molecule has 2 aromatic rings. The van der Waals surface area contributed by atoms with E-state index in [0.717, 1.165) is 5.56 Å². The van der Waals surface area contributed by atoms with Crippen molar-refractivity contribution in [1.82, 2.24) is 4.98 Å². The minimum atomic E-state index is -0.493. The van der Waals surface area contributed by atoms with Gasteiger partial charge < -0.3 is 10.1 Å². The lowest BCUT2D eigenvalue weighted by Crippen LogP contribution is -2.16. The van der Waals surface area contributed by atoms with Crippen LogP contribution in [0.3, 0.4) is 0 Å². The summed E-state index contributed by atoms with van der Waals surface area (Å²) >= 11 is 0. The van der Waals surface area contributed by atoms with Gasteiger partial charge in [-0.15, -0.1) is 0 Å². The number of aryl methyl sites for hydroxylation is 1. The Bertz CT molecular complexity index is 653. The monoisotopic (exact) mass is 270 g/mol. The Morgan fingerprint density at radius 3 is 2.60 bits per heavy atom. The third-order valence-electron chi connectivity index (χ3n) is 2.85. The van der Waals surface area contributed by atoms with E-state index in [4.69, 9.17) is 0 Å². The third-order valence-corrected chi connectivity index (χ3v) is 2.85.